The van der Waals surface area contributed by atoms with E-state index in [-0.39, 0.29) is 10.6 Å². The van der Waals surface area contributed by atoms with Crippen LogP contribution in [0.25, 0.3) is 10.9 Å². The molecule has 0 bridgehead atoms. The van der Waals surface area contributed by atoms with E-state index in [1.807, 2.05) is 12.1 Å². The molecule has 0 unspecified atom stereocenters. The van der Waals surface area contributed by atoms with Gasteiger partial charge < -0.3 is 14.8 Å². The zero-order valence-corrected chi connectivity index (χ0v) is 14.7. The Hall–Kier alpha value is -2.31. The molecule has 1 aromatic carbocycles. The van der Waals surface area contributed by atoms with Gasteiger partial charge in [-0.2, -0.15) is 5.10 Å². The van der Waals surface area contributed by atoms with Gasteiger partial charge in [-0.25, -0.2) is 4.68 Å². The van der Waals surface area contributed by atoms with Crippen molar-refractivity contribution in [1.29, 1.82) is 0 Å². The van der Waals surface area contributed by atoms with Gasteiger partial charge in [0.15, 0.2) is 0 Å². The number of halogens is 1. The normalized spacial score (nSPS) is 11.4. The number of benzene rings is 1. The van der Waals surface area contributed by atoms with Crippen LogP contribution in [0.3, 0.4) is 0 Å². The van der Waals surface area contributed by atoms with Crippen LogP contribution >= 0.6 is 11.6 Å². The van der Waals surface area contributed by atoms with Crippen molar-refractivity contribution in [3.05, 3.63) is 52.0 Å². The molecular formula is C17H20ClN5O. The Labute approximate surface area is 145 Å². The summed E-state index contributed by atoms with van der Waals surface area (Å²) < 4.78 is 3.44. The Morgan fingerprint density at radius 1 is 1.29 bits per heavy atom. The van der Waals surface area contributed by atoms with Crippen LogP contribution in [-0.4, -0.2) is 39.9 Å². The lowest BCUT2D eigenvalue weighted by Crippen LogP contribution is -2.20. The standard InChI is InChI=1S/C17H20ClN5O/c1-21(2)8-9-23-7-6-12-10-13(4-5-15(12)23)20-14-11-19-22(3)17(24)16(14)18/h4-7,10-11,20H,8-9H2,1-3H3. The molecule has 0 aliphatic rings. The van der Waals surface area contributed by atoms with Gasteiger partial charge in [0.1, 0.15) is 5.02 Å². The Morgan fingerprint density at radius 3 is 2.83 bits per heavy atom. The number of aromatic nitrogens is 3. The Balaban J connectivity index is 1.87. The predicted octanol–water partition coefficient (Wildman–Crippen LogP) is 2.69. The third-order valence-electron chi connectivity index (χ3n) is 3.92. The van der Waals surface area contributed by atoms with E-state index in [4.69, 9.17) is 11.6 Å². The molecule has 2 aromatic heterocycles. The molecule has 0 fully saturated rings. The van der Waals surface area contributed by atoms with Crippen molar-refractivity contribution in [3.8, 4) is 0 Å². The van der Waals surface area contributed by atoms with Crippen molar-refractivity contribution in [2.45, 2.75) is 6.54 Å². The van der Waals surface area contributed by atoms with Gasteiger partial charge in [-0.15, -0.1) is 0 Å². The highest BCUT2D eigenvalue weighted by atomic mass is 35.5. The minimum Gasteiger partial charge on any atom is -0.353 e. The molecule has 126 valence electrons. The summed E-state index contributed by atoms with van der Waals surface area (Å²) in [6.07, 6.45) is 3.64. The first kappa shape index (κ1) is 16.5. The Morgan fingerprint density at radius 2 is 2.08 bits per heavy atom. The van der Waals surface area contributed by atoms with Crippen LogP contribution in [0.2, 0.25) is 5.02 Å². The first-order valence-electron chi connectivity index (χ1n) is 7.68. The van der Waals surface area contributed by atoms with Crippen molar-refractivity contribution in [1.82, 2.24) is 19.2 Å². The van der Waals surface area contributed by atoms with E-state index in [1.165, 1.54) is 10.2 Å². The molecule has 1 N–H and O–H groups in total. The van der Waals surface area contributed by atoms with Gasteiger partial charge in [0.05, 0.1) is 11.9 Å². The van der Waals surface area contributed by atoms with Crippen LogP contribution in [0.5, 0.6) is 0 Å². The van der Waals surface area contributed by atoms with Crippen molar-refractivity contribution in [2.24, 2.45) is 7.05 Å². The number of fused-ring (bicyclic) bond motifs is 1. The summed E-state index contributed by atoms with van der Waals surface area (Å²) in [4.78, 5) is 14.0. The monoisotopic (exact) mass is 345 g/mol. The largest absolute Gasteiger partial charge is 0.353 e. The third kappa shape index (κ3) is 3.29. The highest BCUT2D eigenvalue weighted by Crippen LogP contribution is 2.25. The molecule has 2 heterocycles. The number of nitrogens with zero attached hydrogens (tertiary/aromatic N) is 4. The topological polar surface area (TPSA) is 55.1 Å². The number of nitrogens with one attached hydrogen (secondary N) is 1. The molecule has 6 nitrogen and oxygen atoms in total. The van der Waals surface area contributed by atoms with Crippen LogP contribution in [0.1, 0.15) is 0 Å². The lowest BCUT2D eigenvalue weighted by Gasteiger charge is -2.12. The summed E-state index contributed by atoms with van der Waals surface area (Å²) in [6, 6.07) is 8.16. The van der Waals surface area contributed by atoms with Crippen molar-refractivity contribution < 1.29 is 0 Å². The zero-order chi connectivity index (χ0) is 17.3. The first-order valence-corrected chi connectivity index (χ1v) is 8.06. The fourth-order valence-corrected chi connectivity index (χ4v) is 2.75. The van der Waals surface area contributed by atoms with E-state index in [0.29, 0.717) is 5.69 Å². The second-order valence-corrected chi connectivity index (χ2v) is 6.39. The van der Waals surface area contributed by atoms with Gasteiger partial charge in [0.2, 0.25) is 0 Å². The van der Waals surface area contributed by atoms with Crippen LogP contribution in [0.15, 0.2) is 41.5 Å². The van der Waals surface area contributed by atoms with E-state index in [1.54, 1.807) is 13.2 Å². The van der Waals surface area contributed by atoms with Crippen molar-refractivity contribution in [2.75, 3.05) is 26.0 Å². The van der Waals surface area contributed by atoms with E-state index in [9.17, 15) is 4.79 Å². The predicted molar refractivity (Wildman–Crippen MR) is 98.3 cm³/mol. The summed E-state index contributed by atoms with van der Waals surface area (Å²) in [6.45, 7) is 1.92. The lowest BCUT2D eigenvalue weighted by molar-refractivity contribution is 0.387. The number of hydrogen-bond acceptors (Lipinski definition) is 4. The Kier molecular flexibility index (Phi) is 4.59. The number of rotatable bonds is 5. The number of aryl methyl sites for hydroxylation is 1. The van der Waals surface area contributed by atoms with Gasteiger partial charge >= 0.3 is 0 Å². The molecule has 0 saturated carbocycles. The molecule has 3 rings (SSSR count). The van der Waals surface area contributed by atoms with Gasteiger partial charge in [-0.1, -0.05) is 11.6 Å². The molecule has 0 spiro atoms. The molecule has 0 atom stereocenters. The smallest absolute Gasteiger partial charge is 0.287 e. The van der Waals surface area contributed by atoms with Crippen LogP contribution in [0, 0.1) is 0 Å². The quantitative estimate of drug-likeness (QED) is 0.772. The molecule has 0 amide bonds. The SMILES string of the molecule is CN(C)CCn1ccc2cc(Nc3cnn(C)c(=O)c3Cl)ccc21. The molecule has 0 aliphatic heterocycles. The number of anilines is 2. The van der Waals surface area contributed by atoms with Gasteiger partial charge in [-0.3, -0.25) is 4.79 Å². The fraction of sp³-hybridized carbons (Fsp3) is 0.294. The zero-order valence-electron chi connectivity index (χ0n) is 14.0. The fourth-order valence-electron chi connectivity index (χ4n) is 2.53. The highest BCUT2D eigenvalue weighted by Gasteiger charge is 2.08. The summed E-state index contributed by atoms with van der Waals surface area (Å²) in [5, 5.41) is 8.42. The maximum Gasteiger partial charge on any atom is 0.287 e. The van der Waals surface area contributed by atoms with Gasteiger partial charge in [0, 0.05) is 42.9 Å². The maximum atomic E-state index is 11.8. The second kappa shape index (κ2) is 6.67. The van der Waals surface area contributed by atoms with Crippen LogP contribution in [-0.2, 0) is 13.6 Å². The minimum absolute atomic E-state index is 0.135. The average molecular weight is 346 g/mol. The van der Waals surface area contributed by atoms with E-state index >= 15 is 0 Å². The molecular weight excluding hydrogens is 326 g/mol. The highest BCUT2D eigenvalue weighted by molar-refractivity contribution is 6.33. The maximum absolute atomic E-state index is 11.8. The summed E-state index contributed by atoms with van der Waals surface area (Å²) in [5.74, 6) is 0. The van der Waals surface area contributed by atoms with E-state index in [0.717, 1.165) is 24.2 Å². The Bertz CT molecular complexity index is 928. The first-order chi connectivity index (χ1) is 11.5. The molecule has 24 heavy (non-hydrogen) atoms. The molecule has 7 heteroatoms. The van der Waals surface area contributed by atoms with Crippen molar-refractivity contribution >= 4 is 33.9 Å². The van der Waals surface area contributed by atoms with Crippen molar-refractivity contribution in [3.63, 3.8) is 0 Å². The number of likely N-dealkylation sites (N-methyl/N-ethyl adjacent to an activating group) is 1. The van der Waals surface area contributed by atoms with E-state index in [2.05, 4.69) is 52.3 Å². The van der Waals surface area contributed by atoms with E-state index < -0.39 is 0 Å². The summed E-state index contributed by atoms with van der Waals surface area (Å²) in [7, 11) is 5.70. The number of hydrogen-bond donors (Lipinski definition) is 1. The lowest BCUT2D eigenvalue weighted by atomic mass is 10.2. The van der Waals surface area contributed by atoms with Crippen LogP contribution in [0.4, 0.5) is 11.4 Å². The molecule has 0 aliphatic carbocycles. The van der Waals surface area contributed by atoms with Gasteiger partial charge in [-0.05, 0) is 38.4 Å². The average Bonchev–Trinajstić information content (AvgIpc) is 2.96. The third-order valence-corrected chi connectivity index (χ3v) is 4.28. The summed E-state index contributed by atoms with van der Waals surface area (Å²) >= 11 is 6.10. The molecule has 0 saturated heterocycles. The van der Waals surface area contributed by atoms with Crippen LogP contribution < -0.4 is 10.9 Å². The molecule has 0 radical (unpaired) electrons. The second-order valence-electron chi connectivity index (χ2n) is 6.01. The summed E-state index contributed by atoms with van der Waals surface area (Å²) in [5.41, 5.74) is 2.23. The van der Waals surface area contributed by atoms with Gasteiger partial charge in [0.25, 0.3) is 5.56 Å². The minimum atomic E-state index is -0.322. The molecule has 3 aromatic rings.